The zero-order chi connectivity index (χ0) is 29.4. The molecule has 0 bridgehead atoms. The van der Waals surface area contributed by atoms with Gasteiger partial charge in [0, 0.05) is 52.9 Å². The van der Waals surface area contributed by atoms with E-state index in [1.165, 1.54) is 16.2 Å². The molecule has 2 heterocycles. The van der Waals surface area contributed by atoms with Crippen molar-refractivity contribution < 1.29 is 31.1 Å². The third kappa shape index (κ3) is 6.57. The minimum Gasteiger partial charge on any atom is -0.334 e. The molecule has 0 unspecified atom stereocenters. The van der Waals surface area contributed by atoms with Crippen molar-refractivity contribution in [3.8, 4) is 11.3 Å². The Morgan fingerprint density at radius 3 is 2.15 bits per heavy atom. The van der Waals surface area contributed by atoms with Gasteiger partial charge in [0.15, 0.2) is 4.96 Å². The van der Waals surface area contributed by atoms with Gasteiger partial charge in [-0.2, -0.15) is 26.3 Å². The van der Waals surface area contributed by atoms with Crippen LogP contribution in [-0.4, -0.2) is 26.7 Å². The Labute approximate surface area is 239 Å². The molecule has 0 radical (unpaired) electrons. The molecule has 212 valence electrons. The summed E-state index contributed by atoms with van der Waals surface area (Å²) in [6.07, 6.45) is -8.02. The smallest absolute Gasteiger partial charge is 0.334 e. The molecule has 5 aromatic rings. The summed E-state index contributed by atoms with van der Waals surface area (Å²) in [7, 11) is 0. The molecule has 0 aliphatic rings. The summed E-state index contributed by atoms with van der Waals surface area (Å²) in [6, 6.07) is 16.8. The third-order valence-electron chi connectivity index (χ3n) is 6.40. The van der Waals surface area contributed by atoms with Gasteiger partial charge in [-0.25, -0.2) is 4.98 Å². The summed E-state index contributed by atoms with van der Waals surface area (Å²) in [5.41, 5.74) is -0.759. The minimum atomic E-state index is -5.06. The molecular formula is C29H20ClF6N3OS. The molecule has 5 rings (SSSR count). The largest absolute Gasteiger partial charge is 0.416 e. The van der Waals surface area contributed by atoms with Crippen molar-refractivity contribution in [3.63, 3.8) is 0 Å². The number of hydrogen-bond donors (Lipinski definition) is 0. The monoisotopic (exact) mass is 607 g/mol. The van der Waals surface area contributed by atoms with E-state index in [0.29, 0.717) is 33.4 Å². The molecule has 0 N–H and O–H groups in total. The molecule has 0 saturated carbocycles. The lowest BCUT2D eigenvalue weighted by Gasteiger charge is -2.24. The molecule has 1 amide bonds. The average molecular weight is 608 g/mol. The minimum absolute atomic E-state index is 0.00942. The van der Waals surface area contributed by atoms with Crippen LogP contribution in [0.4, 0.5) is 26.3 Å². The number of fused-ring (bicyclic) bond motifs is 1. The fraction of sp³-hybridized carbons (Fsp3) is 0.172. The lowest BCUT2D eigenvalue weighted by molar-refractivity contribution is -0.143. The van der Waals surface area contributed by atoms with Gasteiger partial charge in [0.2, 0.25) is 0 Å². The number of aromatic nitrogens is 2. The van der Waals surface area contributed by atoms with Crippen LogP contribution in [0.2, 0.25) is 5.02 Å². The molecule has 41 heavy (non-hydrogen) atoms. The molecule has 3 aromatic carbocycles. The number of carbonyl (C=O) groups is 1. The van der Waals surface area contributed by atoms with E-state index in [1.807, 2.05) is 28.1 Å². The Morgan fingerprint density at radius 1 is 0.902 bits per heavy atom. The highest BCUT2D eigenvalue weighted by Crippen LogP contribution is 2.36. The second-order valence-corrected chi connectivity index (χ2v) is 10.5. The lowest BCUT2D eigenvalue weighted by atomic mass is 10.0. The van der Waals surface area contributed by atoms with Crippen molar-refractivity contribution in [2.45, 2.75) is 25.3 Å². The molecule has 4 nitrogen and oxygen atoms in total. The normalized spacial score (nSPS) is 12.2. The van der Waals surface area contributed by atoms with Gasteiger partial charge in [0.05, 0.1) is 16.8 Å². The molecule has 0 saturated heterocycles. The van der Waals surface area contributed by atoms with Crippen LogP contribution in [0.1, 0.15) is 32.7 Å². The van der Waals surface area contributed by atoms with Gasteiger partial charge < -0.3 is 4.90 Å². The number of thiazole rings is 1. The van der Waals surface area contributed by atoms with E-state index in [2.05, 4.69) is 4.98 Å². The summed E-state index contributed by atoms with van der Waals surface area (Å²) in [5.74, 6) is -0.940. The van der Waals surface area contributed by atoms with Crippen LogP contribution in [0.25, 0.3) is 16.2 Å². The van der Waals surface area contributed by atoms with Crippen molar-refractivity contribution >= 4 is 33.8 Å². The maximum atomic E-state index is 13.5. The number of amides is 1. The number of carbonyl (C=O) groups excluding carboxylic acids is 1. The van der Waals surface area contributed by atoms with E-state index in [-0.39, 0.29) is 25.6 Å². The van der Waals surface area contributed by atoms with Gasteiger partial charge in [-0.1, -0.05) is 54.1 Å². The first-order valence-electron chi connectivity index (χ1n) is 12.2. The first-order valence-corrected chi connectivity index (χ1v) is 13.5. The zero-order valence-electron chi connectivity index (χ0n) is 21.0. The van der Waals surface area contributed by atoms with Crippen LogP contribution in [-0.2, 0) is 25.3 Å². The second kappa shape index (κ2) is 11.2. The standard InChI is InChI=1S/C29H20ClF6N3OS/c30-23-8-6-19(7-9-23)25-16-39-24(17-41-27(39)37-25)10-11-38(15-18-4-2-1-3-5-18)26(40)20-12-21(28(31,32)33)14-22(13-20)29(34,35)36/h1-9,12-14,16-17H,10-11,15H2. The Hall–Kier alpha value is -3.83. The van der Waals surface area contributed by atoms with Crippen LogP contribution >= 0.6 is 22.9 Å². The predicted octanol–water partition coefficient (Wildman–Crippen LogP) is 8.64. The Balaban J connectivity index is 1.46. The Kier molecular flexibility index (Phi) is 7.85. The number of rotatable bonds is 7. The summed E-state index contributed by atoms with van der Waals surface area (Å²) in [5, 5.41) is 2.44. The van der Waals surface area contributed by atoms with Gasteiger partial charge in [0.1, 0.15) is 0 Å². The topological polar surface area (TPSA) is 37.6 Å². The SMILES string of the molecule is O=C(c1cc(C(F)(F)F)cc(C(F)(F)F)c1)N(CCc1csc2nc(-c3ccc(Cl)cc3)cn12)Cc1ccccc1. The maximum Gasteiger partial charge on any atom is 0.416 e. The average Bonchev–Trinajstić information content (AvgIpc) is 3.52. The highest BCUT2D eigenvalue weighted by molar-refractivity contribution is 7.15. The van der Waals surface area contributed by atoms with Crippen molar-refractivity contribution in [1.82, 2.24) is 14.3 Å². The number of benzene rings is 3. The number of halogens is 7. The van der Waals surface area contributed by atoms with E-state index in [9.17, 15) is 31.1 Å². The molecule has 0 fully saturated rings. The third-order valence-corrected chi connectivity index (χ3v) is 7.54. The Bertz CT molecular complexity index is 1650. The summed E-state index contributed by atoms with van der Waals surface area (Å²) < 4.78 is 82.7. The summed E-state index contributed by atoms with van der Waals surface area (Å²) in [6.45, 7) is 0.0239. The van der Waals surface area contributed by atoms with Gasteiger partial charge >= 0.3 is 12.4 Å². The Morgan fingerprint density at radius 2 is 1.54 bits per heavy atom. The number of alkyl halides is 6. The van der Waals surface area contributed by atoms with E-state index in [0.717, 1.165) is 11.3 Å². The second-order valence-electron chi connectivity index (χ2n) is 9.27. The van der Waals surface area contributed by atoms with Gasteiger partial charge in [-0.15, -0.1) is 11.3 Å². The molecule has 0 atom stereocenters. The maximum absolute atomic E-state index is 13.5. The van der Waals surface area contributed by atoms with Crippen LogP contribution < -0.4 is 0 Å². The zero-order valence-corrected chi connectivity index (χ0v) is 22.6. The van der Waals surface area contributed by atoms with E-state index >= 15 is 0 Å². The molecule has 2 aromatic heterocycles. The first kappa shape index (κ1) is 28.7. The van der Waals surface area contributed by atoms with Crippen molar-refractivity contribution in [1.29, 1.82) is 0 Å². The quantitative estimate of drug-likeness (QED) is 0.174. The number of hydrogen-bond acceptors (Lipinski definition) is 3. The molecule has 0 aliphatic carbocycles. The van der Waals surface area contributed by atoms with E-state index in [1.54, 1.807) is 42.5 Å². The van der Waals surface area contributed by atoms with Gasteiger partial charge in [-0.05, 0) is 35.9 Å². The predicted molar refractivity (Wildman–Crippen MR) is 145 cm³/mol. The number of nitrogens with zero attached hydrogens (tertiary/aromatic N) is 3. The molecule has 0 spiro atoms. The highest BCUT2D eigenvalue weighted by Gasteiger charge is 2.38. The summed E-state index contributed by atoms with van der Waals surface area (Å²) in [4.78, 5) is 20.1. The first-order chi connectivity index (χ1) is 19.4. The fourth-order valence-electron chi connectivity index (χ4n) is 4.34. The summed E-state index contributed by atoms with van der Waals surface area (Å²) >= 11 is 7.35. The molecule has 12 heteroatoms. The fourth-order valence-corrected chi connectivity index (χ4v) is 5.37. The van der Waals surface area contributed by atoms with Gasteiger partial charge in [-0.3, -0.25) is 9.20 Å². The van der Waals surface area contributed by atoms with Crippen molar-refractivity contribution in [2.24, 2.45) is 0 Å². The van der Waals surface area contributed by atoms with E-state index < -0.39 is 35.0 Å². The van der Waals surface area contributed by atoms with Crippen molar-refractivity contribution in [2.75, 3.05) is 6.54 Å². The highest BCUT2D eigenvalue weighted by atomic mass is 35.5. The van der Waals surface area contributed by atoms with Crippen LogP contribution in [0.15, 0.2) is 84.4 Å². The van der Waals surface area contributed by atoms with E-state index in [4.69, 9.17) is 11.6 Å². The van der Waals surface area contributed by atoms with Crippen LogP contribution in [0, 0.1) is 0 Å². The number of imidazole rings is 1. The lowest BCUT2D eigenvalue weighted by Crippen LogP contribution is -2.33. The van der Waals surface area contributed by atoms with Crippen LogP contribution in [0.5, 0.6) is 0 Å². The van der Waals surface area contributed by atoms with Gasteiger partial charge in [0.25, 0.3) is 5.91 Å². The molecule has 0 aliphatic heterocycles. The van der Waals surface area contributed by atoms with Crippen molar-refractivity contribution in [3.05, 3.63) is 117 Å². The molecular weight excluding hydrogens is 588 g/mol. The van der Waals surface area contributed by atoms with Crippen LogP contribution in [0.3, 0.4) is 0 Å².